The lowest BCUT2D eigenvalue weighted by Crippen LogP contribution is -2.29. The Morgan fingerprint density at radius 3 is 1.38 bits per heavy atom. The van der Waals surface area contributed by atoms with Gasteiger partial charge in [-0.05, 0) is 25.1 Å². The molecule has 0 heterocycles. The van der Waals surface area contributed by atoms with Crippen LogP contribution < -0.4 is 0 Å². The van der Waals surface area contributed by atoms with Crippen molar-refractivity contribution in [2.24, 2.45) is 0 Å². The van der Waals surface area contributed by atoms with E-state index in [4.69, 9.17) is 0 Å². The average Bonchev–Trinajstić information content (AvgIpc) is 2.34. The maximum atomic E-state index is 3.52. The summed E-state index contributed by atoms with van der Waals surface area (Å²) in [6.07, 6.45) is 2.01. The van der Waals surface area contributed by atoms with Crippen molar-refractivity contribution in [1.82, 2.24) is 0 Å². The van der Waals surface area contributed by atoms with Crippen LogP contribution in [0.4, 0.5) is 0 Å². The van der Waals surface area contributed by atoms with E-state index in [1.54, 1.807) is 0 Å². The average molecular weight is 236 g/mol. The molecule has 0 saturated carbocycles. The predicted molar refractivity (Wildman–Crippen MR) is 79.0 cm³/mol. The van der Waals surface area contributed by atoms with Gasteiger partial charge in [-0.2, -0.15) is 0 Å². The Morgan fingerprint density at radius 2 is 1.19 bits per heavy atom. The molecule has 0 amide bonds. The molecule has 0 unspecified atom stereocenters. The van der Waals surface area contributed by atoms with Gasteiger partial charge in [-0.25, -0.2) is 0 Å². The molecule has 0 spiro atoms. The first-order valence-corrected chi connectivity index (χ1v) is 9.17. The Morgan fingerprint density at radius 1 is 0.750 bits per heavy atom. The van der Waals surface area contributed by atoms with Gasteiger partial charge in [0.1, 0.15) is 8.07 Å². The highest BCUT2D eigenvalue weighted by Gasteiger charge is 2.23. The standard InChI is InChI=1S/C10H20Si.C5H8/c1-5-9-10-11(6-2,7-3)8-4;1-3-5-4-2/h5-8H2,1-4H3;3H2,1-2H3. The molecule has 0 aromatic rings. The monoisotopic (exact) mass is 236 g/mol. The Bertz CT molecular complexity index is 244. The van der Waals surface area contributed by atoms with Crippen molar-refractivity contribution in [1.29, 1.82) is 0 Å². The van der Waals surface area contributed by atoms with E-state index in [2.05, 4.69) is 51.0 Å². The topological polar surface area (TPSA) is 0 Å². The molecule has 0 rings (SSSR count). The van der Waals surface area contributed by atoms with Crippen molar-refractivity contribution < 1.29 is 0 Å². The fourth-order valence-corrected chi connectivity index (χ4v) is 4.05. The Hall–Kier alpha value is -0.663. The molecule has 92 valence electrons. The van der Waals surface area contributed by atoms with Crippen molar-refractivity contribution in [2.45, 2.75) is 72.5 Å². The summed E-state index contributed by atoms with van der Waals surface area (Å²) in [6, 6.07) is 3.98. The van der Waals surface area contributed by atoms with Crippen molar-refractivity contribution in [3.8, 4) is 23.3 Å². The van der Waals surface area contributed by atoms with Crippen LogP contribution in [0.5, 0.6) is 0 Å². The van der Waals surface area contributed by atoms with E-state index in [-0.39, 0.29) is 0 Å². The molecule has 0 aliphatic rings. The summed E-state index contributed by atoms with van der Waals surface area (Å²) in [5.74, 6) is 8.88. The van der Waals surface area contributed by atoms with Crippen LogP contribution in [-0.4, -0.2) is 8.07 Å². The zero-order valence-corrected chi connectivity index (χ0v) is 13.0. The maximum absolute atomic E-state index is 3.52. The first-order valence-electron chi connectivity index (χ1n) is 6.55. The van der Waals surface area contributed by atoms with E-state index in [0.29, 0.717) is 0 Å². The van der Waals surface area contributed by atoms with E-state index in [1.165, 1.54) is 18.1 Å². The summed E-state index contributed by atoms with van der Waals surface area (Å²) in [7, 11) is -1.10. The van der Waals surface area contributed by atoms with Gasteiger partial charge in [0.05, 0.1) is 0 Å². The van der Waals surface area contributed by atoms with Gasteiger partial charge in [0.25, 0.3) is 0 Å². The van der Waals surface area contributed by atoms with Gasteiger partial charge in [-0.1, -0.05) is 34.6 Å². The summed E-state index contributed by atoms with van der Waals surface area (Å²) in [6.45, 7) is 12.9. The molecule has 0 N–H and O–H groups in total. The van der Waals surface area contributed by atoms with Gasteiger partial charge in [-0.15, -0.1) is 23.3 Å². The minimum atomic E-state index is -1.10. The lowest BCUT2D eigenvalue weighted by Gasteiger charge is -2.19. The smallest absolute Gasteiger partial charge is 0.131 e. The molecule has 16 heavy (non-hydrogen) atoms. The number of rotatable bonds is 3. The van der Waals surface area contributed by atoms with Crippen LogP contribution in [0.2, 0.25) is 18.1 Å². The number of hydrogen-bond donors (Lipinski definition) is 0. The van der Waals surface area contributed by atoms with Crippen molar-refractivity contribution >= 4 is 8.07 Å². The fourth-order valence-electron chi connectivity index (χ4n) is 1.47. The van der Waals surface area contributed by atoms with Crippen LogP contribution in [0.25, 0.3) is 0 Å². The van der Waals surface area contributed by atoms with Crippen molar-refractivity contribution in [3.05, 3.63) is 0 Å². The zero-order chi connectivity index (χ0) is 12.9. The predicted octanol–water partition coefficient (Wildman–Crippen LogP) is 4.87. The van der Waals surface area contributed by atoms with Crippen molar-refractivity contribution in [2.75, 3.05) is 0 Å². The van der Waals surface area contributed by atoms with Crippen molar-refractivity contribution in [3.63, 3.8) is 0 Å². The molecule has 0 aliphatic carbocycles. The Kier molecular flexibility index (Phi) is 13.7. The third kappa shape index (κ3) is 8.63. The first kappa shape index (κ1) is 17.7. The third-order valence-electron chi connectivity index (χ3n) is 2.91. The normalized spacial score (nSPS) is 8.88. The van der Waals surface area contributed by atoms with Gasteiger partial charge in [0.15, 0.2) is 0 Å². The van der Waals surface area contributed by atoms with E-state index in [1.807, 2.05) is 13.8 Å². The summed E-state index contributed by atoms with van der Waals surface area (Å²) < 4.78 is 0. The number of hydrogen-bond acceptors (Lipinski definition) is 0. The molecule has 0 aromatic carbocycles. The van der Waals surface area contributed by atoms with E-state index < -0.39 is 8.07 Å². The zero-order valence-electron chi connectivity index (χ0n) is 12.0. The quantitative estimate of drug-likeness (QED) is 0.484. The molecule has 1 heteroatoms. The lowest BCUT2D eigenvalue weighted by molar-refractivity contribution is 1.20. The summed E-state index contributed by atoms with van der Waals surface area (Å²) >= 11 is 0. The fraction of sp³-hybridized carbons (Fsp3) is 0.733. The van der Waals surface area contributed by atoms with Crippen LogP contribution in [0.3, 0.4) is 0 Å². The molecule has 0 atom stereocenters. The van der Waals surface area contributed by atoms with E-state index in [0.717, 1.165) is 12.8 Å². The molecule has 0 aromatic heterocycles. The largest absolute Gasteiger partial charge is 0.137 e. The lowest BCUT2D eigenvalue weighted by atomic mass is 10.5. The molecule has 0 saturated heterocycles. The van der Waals surface area contributed by atoms with Gasteiger partial charge in [-0.3, -0.25) is 0 Å². The van der Waals surface area contributed by atoms with Gasteiger partial charge in [0.2, 0.25) is 0 Å². The highest BCUT2D eigenvalue weighted by molar-refractivity contribution is 6.87. The second-order valence-electron chi connectivity index (χ2n) is 3.78. The molecule has 0 fully saturated rings. The van der Waals surface area contributed by atoms with Crippen LogP contribution in [0.15, 0.2) is 0 Å². The van der Waals surface area contributed by atoms with Crippen LogP contribution in [0, 0.1) is 23.3 Å². The third-order valence-corrected chi connectivity index (χ3v) is 7.68. The summed E-state index contributed by atoms with van der Waals surface area (Å²) in [5, 5.41) is 0. The van der Waals surface area contributed by atoms with Crippen LogP contribution in [0.1, 0.15) is 54.4 Å². The first-order chi connectivity index (χ1) is 7.66. The highest BCUT2D eigenvalue weighted by Crippen LogP contribution is 2.18. The molecular weight excluding hydrogens is 208 g/mol. The molecule has 0 aliphatic heterocycles. The maximum Gasteiger partial charge on any atom is 0.137 e. The van der Waals surface area contributed by atoms with Crippen LogP contribution >= 0.6 is 0 Å². The highest BCUT2D eigenvalue weighted by atomic mass is 28.3. The summed E-state index contributed by atoms with van der Waals surface area (Å²) in [5.41, 5.74) is 3.52. The van der Waals surface area contributed by atoms with E-state index in [9.17, 15) is 0 Å². The minimum absolute atomic E-state index is 0.983. The second kappa shape index (κ2) is 12.4. The minimum Gasteiger partial charge on any atom is -0.131 e. The molecular formula is C15H28Si. The second-order valence-corrected chi connectivity index (χ2v) is 8.71. The van der Waals surface area contributed by atoms with Gasteiger partial charge < -0.3 is 0 Å². The van der Waals surface area contributed by atoms with E-state index >= 15 is 0 Å². The van der Waals surface area contributed by atoms with Gasteiger partial charge >= 0.3 is 0 Å². The molecule has 0 nitrogen and oxygen atoms in total. The van der Waals surface area contributed by atoms with Crippen LogP contribution in [-0.2, 0) is 0 Å². The summed E-state index contributed by atoms with van der Waals surface area (Å²) in [4.78, 5) is 0. The Labute approximate surface area is 104 Å². The molecule has 0 bridgehead atoms. The SMILES string of the molecule is CC#CCC.CCC#C[Si](CC)(CC)CC. The molecule has 0 radical (unpaired) electrons. The van der Waals surface area contributed by atoms with Gasteiger partial charge in [0, 0.05) is 12.8 Å². The Balaban J connectivity index is 0.